The smallest absolute Gasteiger partial charge is 0.316 e. The zero-order valence-corrected chi connectivity index (χ0v) is 34.1. The van der Waals surface area contributed by atoms with Gasteiger partial charge in [0.15, 0.2) is 30.4 Å². The van der Waals surface area contributed by atoms with E-state index in [0.717, 1.165) is 19.2 Å². The van der Waals surface area contributed by atoms with Crippen LogP contribution in [0.4, 0.5) is 0 Å². The number of phenols is 3. The fourth-order valence-electron chi connectivity index (χ4n) is 9.33. The van der Waals surface area contributed by atoms with Crippen LogP contribution in [0.15, 0.2) is 18.2 Å². The number of hydrogen-bond acceptors (Lipinski definition) is 17. The summed E-state index contributed by atoms with van der Waals surface area (Å²) in [6.45, 7) is 6.90. The number of aliphatic hydroxyl groups excluding tert-OH is 1. The van der Waals surface area contributed by atoms with Crippen molar-refractivity contribution < 1.29 is 77.9 Å². The normalized spacial score (nSPS) is 35.9. The highest BCUT2D eigenvalue weighted by Crippen LogP contribution is 2.54. The van der Waals surface area contributed by atoms with E-state index >= 15 is 0 Å². The van der Waals surface area contributed by atoms with E-state index in [-0.39, 0.29) is 59.8 Å². The first-order valence-electron chi connectivity index (χ1n) is 20.0. The molecule has 0 unspecified atom stereocenters. The summed E-state index contributed by atoms with van der Waals surface area (Å²) in [4.78, 5) is 55.1. The van der Waals surface area contributed by atoms with Crippen molar-refractivity contribution in [3.05, 3.63) is 51.6 Å². The van der Waals surface area contributed by atoms with Crippen molar-refractivity contribution in [1.29, 1.82) is 0 Å². The minimum absolute atomic E-state index is 0.000624. The number of phenolic OH excluding ortho intramolecular Hbond substituents is 3. The lowest BCUT2D eigenvalue weighted by Gasteiger charge is -2.48. The van der Waals surface area contributed by atoms with Crippen molar-refractivity contribution in [2.24, 2.45) is 0 Å². The lowest BCUT2D eigenvalue weighted by atomic mass is 9.67. The molecule has 5 aliphatic rings. The van der Waals surface area contributed by atoms with Crippen molar-refractivity contribution >= 4 is 23.3 Å². The standard InChI is InChI=1S/C42H53NO16/c1-8-42(52)16-28(33-21(35(42)41(51)53-7)13-23-34(38(33)50)37(49)32-22(36(23)48)11-20(44)12-26(32)46)57-30-14-24(43(5)6)39(18(3)55-30)59-31-15-27(47)40(19(4)56-31)58-29-10-9-25(45)17(2)54-29/h11-13,17-19,24,27-31,35,39-40,44,46-47,50,52H,8-10,14-16H2,1-7H3/t17-,18-,19-,24-,27-,28-,29+,30+,31+,35-,39+,40+,42+/m1/s1. The summed E-state index contributed by atoms with van der Waals surface area (Å²) < 4.78 is 42.6. The number of rotatable bonds is 9. The lowest BCUT2D eigenvalue weighted by molar-refractivity contribution is -0.324. The van der Waals surface area contributed by atoms with Gasteiger partial charge < -0.3 is 63.6 Å². The van der Waals surface area contributed by atoms with Gasteiger partial charge in [-0.3, -0.25) is 19.2 Å². The van der Waals surface area contributed by atoms with Gasteiger partial charge in [-0.2, -0.15) is 0 Å². The number of aliphatic hydroxyl groups is 2. The first kappa shape index (κ1) is 43.1. The van der Waals surface area contributed by atoms with Gasteiger partial charge in [-0.25, -0.2) is 0 Å². The molecule has 2 aliphatic carbocycles. The molecular formula is C42H53NO16. The first-order chi connectivity index (χ1) is 27.9. The number of hydrogen-bond donors (Lipinski definition) is 5. The Morgan fingerprint density at radius 1 is 0.864 bits per heavy atom. The van der Waals surface area contributed by atoms with Gasteiger partial charge in [-0.05, 0) is 59.0 Å². The molecule has 322 valence electrons. The summed E-state index contributed by atoms with van der Waals surface area (Å²) in [5.41, 5.74) is -3.22. The van der Waals surface area contributed by atoms with E-state index in [1.807, 2.05) is 19.0 Å². The summed E-state index contributed by atoms with van der Waals surface area (Å²) in [5, 5.41) is 56.0. The second-order valence-electron chi connectivity index (χ2n) is 16.5. The molecule has 2 aromatic rings. The van der Waals surface area contributed by atoms with Gasteiger partial charge in [-0.15, -0.1) is 0 Å². The van der Waals surface area contributed by atoms with E-state index in [9.17, 15) is 44.7 Å². The Hall–Kier alpha value is -4.04. The van der Waals surface area contributed by atoms with E-state index in [1.54, 1.807) is 27.7 Å². The van der Waals surface area contributed by atoms with Crippen LogP contribution in [0.5, 0.6) is 17.2 Å². The molecule has 0 aromatic heterocycles. The number of carbonyl (C=O) groups excluding carboxylic acids is 4. The molecule has 0 spiro atoms. The first-order valence-corrected chi connectivity index (χ1v) is 20.0. The Bertz CT molecular complexity index is 1990. The molecule has 5 N–H and O–H groups in total. The van der Waals surface area contributed by atoms with Crippen LogP contribution in [-0.4, -0.2) is 142 Å². The monoisotopic (exact) mass is 827 g/mol. The van der Waals surface area contributed by atoms with Crippen LogP contribution in [0.25, 0.3) is 0 Å². The van der Waals surface area contributed by atoms with Gasteiger partial charge in [0.1, 0.15) is 41.5 Å². The number of esters is 1. The SMILES string of the molecule is CC[C@]1(O)C[C@@H](O[C@H]2C[C@@H](N(C)C)[C@@H](O[C@H]3C[C@@H](O)[C@@H](O[C@H]4CCC(=O)[C@@H](C)O4)[C@@H](C)O3)[C@@H](C)O2)c2c(cc3c(c2O)C(=O)c2c(O)cc(O)cc2C3=O)[C@@H]1C(=O)OC. The quantitative estimate of drug-likeness (QED) is 0.195. The lowest BCUT2D eigenvalue weighted by Crippen LogP contribution is -2.58. The molecule has 2 aromatic carbocycles. The van der Waals surface area contributed by atoms with Gasteiger partial charge >= 0.3 is 5.97 Å². The fourth-order valence-corrected chi connectivity index (χ4v) is 9.33. The summed E-state index contributed by atoms with van der Waals surface area (Å²) in [7, 11) is 4.86. The third-order valence-corrected chi connectivity index (χ3v) is 12.5. The Balaban J connectivity index is 1.14. The predicted molar refractivity (Wildman–Crippen MR) is 203 cm³/mol. The number of fused-ring (bicyclic) bond motifs is 3. The van der Waals surface area contributed by atoms with Crippen LogP contribution >= 0.6 is 0 Å². The Morgan fingerprint density at radius 2 is 1.51 bits per heavy atom. The average Bonchev–Trinajstić information content (AvgIpc) is 3.16. The molecule has 3 saturated heterocycles. The molecule has 17 nitrogen and oxygen atoms in total. The summed E-state index contributed by atoms with van der Waals surface area (Å²) in [6, 6.07) is 2.86. The van der Waals surface area contributed by atoms with Crippen molar-refractivity contribution in [1.82, 2.24) is 4.90 Å². The Morgan fingerprint density at radius 3 is 2.14 bits per heavy atom. The molecule has 7 rings (SSSR count). The average molecular weight is 828 g/mol. The summed E-state index contributed by atoms with van der Waals surface area (Å²) in [5.74, 6) is -5.71. The summed E-state index contributed by atoms with van der Waals surface area (Å²) in [6.07, 6.45) is -6.94. The van der Waals surface area contributed by atoms with Crippen LogP contribution in [0, 0.1) is 0 Å². The van der Waals surface area contributed by atoms with Crippen molar-refractivity contribution in [2.45, 2.75) is 145 Å². The van der Waals surface area contributed by atoms with E-state index in [0.29, 0.717) is 12.8 Å². The Labute approximate surface area is 341 Å². The third kappa shape index (κ3) is 7.77. The molecule has 13 atom stereocenters. The second-order valence-corrected chi connectivity index (χ2v) is 16.5. The number of benzene rings is 2. The van der Waals surface area contributed by atoms with Crippen molar-refractivity contribution in [2.75, 3.05) is 21.2 Å². The number of Topliss-reactive ketones (excluding diaryl/α,β-unsaturated/α-hetero) is 1. The molecule has 0 saturated carbocycles. The number of likely N-dealkylation sites (N-methyl/N-ethyl adjacent to an activating group) is 1. The van der Waals surface area contributed by atoms with Gasteiger partial charge in [-0.1, -0.05) is 6.92 Å². The highest BCUT2D eigenvalue weighted by atomic mass is 16.7. The molecule has 0 bridgehead atoms. The Kier molecular flexibility index (Phi) is 12.0. The second kappa shape index (κ2) is 16.4. The van der Waals surface area contributed by atoms with Crippen molar-refractivity contribution in [3.63, 3.8) is 0 Å². The molecule has 3 heterocycles. The molecule has 0 amide bonds. The van der Waals surface area contributed by atoms with Crippen molar-refractivity contribution in [3.8, 4) is 17.2 Å². The molecule has 0 radical (unpaired) electrons. The highest BCUT2D eigenvalue weighted by molar-refractivity contribution is 6.30. The zero-order valence-electron chi connectivity index (χ0n) is 34.1. The number of methoxy groups -OCH3 is 1. The number of aromatic hydroxyl groups is 3. The molecule has 17 heteroatoms. The minimum Gasteiger partial charge on any atom is -0.508 e. The number of ether oxygens (including phenoxy) is 7. The number of carbonyl (C=O) groups is 4. The van der Waals surface area contributed by atoms with Crippen LogP contribution in [-0.2, 0) is 42.7 Å². The zero-order chi connectivity index (χ0) is 42.8. The van der Waals surface area contributed by atoms with E-state index in [4.69, 9.17) is 33.2 Å². The van der Waals surface area contributed by atoms with Crippen LogP contribution in [0.2, 0.25) is 0 Å². The predicted octanol–water partition coefficient (Wildman–Crippen LogP) is 2.86. The molecule has 59 heavy (non-hydrogen) atoms. The topological polar surface area (TPSA) is 237 Å². The molecule has 3 aliphatic heterocycles. The minimum atomic E-state index is -1.80. The third-order valence-electron chi connectivity index (χ3n) is 12.5. The summed E-state index contributed by atoms with van der Waals surface area (Å²) >= 11 is 0. The fraction of sp³-hybridized carbons (Fsp3) is 0.619. The van der Waals surface area contributed by atoms with Gasteiger partial charge in [0, 0.05) is 60.9 Å². The maximum atomic E-state index is 13.9. The maximum Gasteiger partial charge on any atom is 0.316 e. The molecular weight excluding hydrogens is 774 g/mol. The largest absolute Gasteiger partial charge is 0.508 e. The van der Waals surface area contributed by atoms with E-state index in [2.05, 4.69) is 0 Å². The van der Waals surface area contributed by atoms with Gasteiger partial charge in [0.2, 0.25) is 5.78 Å². The molecule has 3 fully saturated rings. The van der Waals surface area contributed by atoms with Gasteiger partial charge in [0.25, 0.3) is 0 Å². The van der Waals surface area contributed by atoms with Gasteiger partial charge in [0.05, 0.1) is 48.3 Å². The van der Waals surface area contributed by atoms with E-state index < -0.39 is 119 Å². The number of nitrogens with zero attached hydrogens (tertiary/aromatic N) is 1. The van der Waals surface area contributed by atoms with Crippen LogP contribution in [0.1, 0.15) is 121 Å². The van der Waals surface area contributed by atoms with Crippen LogP contribution < -0.4 is 0 Å². The maximum absolute atomic E-state index is 13.9. The highest BCUT2D eigenvalue weighted by Gasteiger charge is 2.54. The number of ketones is 3. The van der Waals surface area contributed by atoms with Crippen LogP contribution in [0.3, 0.4) is 0 Å². The van der Waals surface area contributed by atoms with E-state index in [1.165, 1.54) is 6.07 Å².